The maximum atomic E-state index is 11.9. The zero-order valence-corrected chi connectivity index (χ0v) is 11.8. The van der Waals surface area contributed by atoms with E-state index in [1.165, 1.54) is 7.11 Å². The topological polar surface area (TPSA) is 97.7 Å². The number of hydrogen-bond donors (Lipinski definition) is 1. The number of methoxy groups -OCH3 is 1. The van der Waals surface area contributed by atoms with Crippen molar-refractivity contribution in [2.24, 2.45) is 0 Å². The molecular formula is C13H16O6S. The molecular weight excluding hydrogens is 284 g/mol. The number of carbonyl (C=O) groups is 2. The molecule has 0 amide bonds. The first-order valence-electron chi connectivity index (χ1n) is 5.90. The van der Waals surface area contributed by atoms with Gasteiger partial charge in [-0.15, -0.1) is 0 Å². The van der Waals surface area contributed by atoms with Crippen LogP contribution in [-0.2, 0) is 24.2 Å². The van der Waals surface area contributed by atoms with E-state index < -0.39 is 39.2 Å². The fraction of sp³-hybridized carbons (Fsp3) is 0.385. The van der Waals surface area contributed by atoms with E-state index in [0.29, 0.717) is 5.56 Å². The molecule has 1 N–H and O–H groups in total. The van der Waals surface area contributed by atoms with Crippen LogP contribution in [0.2, 0.25) is 0 Å². The minimum absolute atomic E-state index is 0.278. The van der Waals surface area contributed by atoms with Gasteiger partial charge in [0.15, 0.2) is 9.84 Å². The number of esters is 1. The lowest BCUT2D eigenvalue weighted by atomic mass is 10.0. The highest BCUT2D eigenvalue weighted by atomic mass is 32.2. The second-order valence-electron chi connectivity index (χ2n) is 4.24. The summed E-state index contributed by atoms with van der Waals surface area (Å²) in [7, 11) is -2.50. The third-order valence-electron chi connectivity index (χ3n) is 2.77. The number of carboxylic acids is 1. The highest BCUT2D eigenvalue weighted by Gasteiger charge is 2.27. The van der Waals surface area contributed by atoms with E-state index in [-0.39, 0.29) is 6.42 Å². The molecule has 1 unspecified atom stereocenters. The van der Waals surface area contributed by atoms with Crippen LogP contribution in [0.15, 0.2) is 30.3 Å². The van der Waals surface area contributed by atoms with Gasteiger partial charge in [0, 0.05) is 0 Å². The Hall–Kier alpha value is -1.89. The van der Waals surface area contributed by atoms with E-state index in [4.69, 9.17) is 5.11 Å². The second-order valence-corrected chi connectivity index (χ2v) is 6.47. The monoisotopic (exact) mass is 300 g/mol. The van der Waals surface area contributed by atoms with Crippen LogP contribution in [0, 0.1) is 0 Å². The average molecular weight is 300 g/mol. The fourth-order valence-corrected chi connectivity index (χ4v) is 3.16. The van der Waals surface area contributed by atoms with Gasteiger partial charge in [-0.1, -0.05) is 30.3 Å². The molecule has 0 aliphatic carbocycles. The van der Waals surface area contributed by atoms with E-state index in [9.17, 15) is 18.0 Å². The van der Waals surface area contributed by atoms with Crippen LogP contribution in [0.3, 0.4) is 0 Å². The molecule has 20 heavy (non-hydrogen) atoms. The summed E-state index contributed by atoms with van der Waals surface area (Å²) in [4.78, 5) is 22.2. The van der Waals surface area contributed by atoms with Gasteiger partial charge in [0.2, 0.25) is 0 Å². The van der Waals surface area contributed by atoms with Gasteiger partial charge < -0.3 is 9.84 Å². The Bertz CT molecular complexity index is 564. The number of hydrogen-bond acceptors (Lipinski definition) is 5. The van der Waals surface area contributed by atoms with Crippen molar-refractivity contribution in [2.75, 3.05) is 18.6 Å². The molecule has 0 heterocycles. The molecule has 0 saturated carbocycles. The standard InChI is InChI=1S/C13H16O6S/c1-19-12(14)7-8-20(17,18)9-11(13(15)16)10-5-3-2-4-6-10/h2-6,11H,7-9H2,1H3,(H,15,16). The van der Waals surface area contributed by atoms with Crippen molar-refractivity contribution in [3.8, 4) is 0 Å². The van der Waals surface area contributed by atoms with E-state index in [0.717, 1.165) is 0 Å². The van der Waals surface area contributed by atoms with Crippen molar-refractivity contribution in [3.63, 3.8) is 0 Å². The molecule has 110 valence electrons. The van der Waals surface area contributed by atoms with Crippen LogP contribution in [0.5, 0.6) is 0 Å². The lowest BCUT2D eigenvalue weighted by Gasteiger charge is -2.13. The van der Waals surface area contributed by atoms with Crippen molar-refractivity contribution in [2.45, 2.75) is 12.3 Å². The molecule has 7 heteroatoms. The molecule has 1 aromatic rings. The number of rotatable bonds is 7. The van der Waals surface area contributed by atoms with Crippen LogP contribution in [0.25, 0.3) is 0 Å². The molecule has 6 nitrogen and oxygen atoms in total. The maximum Gasteiger partial charge on any atom is 0.312 e. The van der Waals surface area contributed by atoms with E-state index in [2.05, 4.69) is 4.74 Å². The summed E-state index contributed by atoms with van der Waals surface area (Å²) in [5, 5.41) is 9.16. The normalized spacial score (nSPS) is 12.7. The smallest absolute Gasteiger partial charge is 0.312 e. The van der Waals surface area contributed by atoms with Crippen LogP contribution in [-0.4, -0.2) is 44.1 Å². The molecule has 1 rings (SSSR count). The fourth-order valence-electron chi connectivity index (χ4n) is 1.67. The van der Waals surface area contributed by atoms with Gasteiger partial charge in [0.1, 0.15) is 0 Å². The summed E-state index contributed by atoms with van der Waals surface area (Å²) in [5.74, 6) is -3.95. The summed E-state index contributed by atoms with van der Waals surface area (Å²) in [6.45, 7) is 0. The lowest BCUT2D eigenvalue weighted by molar-refractivity contribution is -0.140. The first-order chi connectivity index (χ1) is 9.35. The number of benzene rings is 1. The molecule has 1 aromatic carbocycles. The van der Waals surface area contributed by atoms with Gasteiger partial charge in [0.05, 0.1) is 31.0 Å². The molecule has 0 spiro atoms. The van der Waals surface area contributed by atoms with Gasteiger partial charge in [-0.2, -0.15) is 0 Å². The molecule has 0 radical (unpaired) electrons. The first kappa shape index (κ1) is 16.2. The summed E-state index contributed by atoms with van der Waals surface area (Å²) in [5.41, 5.74) is 0.418. The predicted molar refractivity (Wildman–Crippen MR) is 72.1 cm³/mol. The van der Waals surface area contributed by atoms with Gasteiger partial charge in [-0.25, -0.2) is 8.42 Å². The van der Waals surface area contributed by atoms with Crippen molar-refractivity contribution in [3.05, 3.63) is 35.9 Å². The third-order valence-corrected chi connectivity index (χ3v) is 4.43. The molecule has 0 saturated heterocycles. The Balaban J connectivity index is 2.81. The second kappa shape index (κ2) is 7.04. The van der Waals surface area contributed by atoms with Gasteiger partial charge in [0.25, 0.3) is 0 Å². The van der Waals surface area contributed by atoms with E-state index in [1.807, 2.05) is 0 Å². The summed E-state index contributed by atoms with van der Waals surface area (Å²) < 4.78 is 28.1. The van der Waals surface area contributed by atoms with Crippen LogP contribution < -0.4 is 0 Å². The van der Waals surface area contributed by atoms with Crippen LogP contribution in [0.1, 0.15) is 17.9 Å². The van der Waals surface area contributed by atoms with Crippen LogP contribution >= 0.6 is 0 Å². The maximum absolute atomic E-state index is 11.9. The zero-order chi connectivity index (χ0) is 15.2. The molecule has 0 aromatic heterocycles. The SMILES string of the molecule is COC(=O)CCS(=O)(=O)CC(C(=O)O)c1ccccc1. The van der Waals surface area contributed by atoms with E-state index in [1.54, 1.807) is 30.3 Å². The summed E-state index contributed by atoms with van der Waals surface area (Å²) >= 11 is 0. The molecule has 0 bridgehead atoms. The van der Waals surface area contributed by atoms with Crippen molar-refractivity contribution in [1.29, 1.82) is 0 Å². The quantitative estimate of drug-likeness (QED) is 0.749. The predicted octanol–water partition coefficient (Wildman–Crippen LogP) is 0.833. The molecule has 0 aliphatic heterocycles. The largest absolute Gasteiger partial charge is 0.481 e. The molecule has 0 aliphatic rings. The van der Waals surface area contributed by atoms with Gasteiger partial charge in [-0.05, 0) is 5.56 Å². The van der Waals surface area contributed by atoms with Crippen LogP contribution in [0.4, 0.5) is 0 Å². The number of carbonyl (C=O) groups excluding carboxylic acids is 1. The average Bonchev–Trinajstić information content (AvgIpc) is 2.43. The van der Waals surface area contributed by atoms with Gasteiger partial charge in [-0.3, -0.25) is 9.59 Å². The first-order valence-corrected chi connectivity index (χ1v) is 7.73. The van der Waals surface area contributed by atoms with Crippen molar-refractivity contribution in [1.82, 2.24) is 0 Å². The third kappa shape index (κ3) is 5.00. The zero-order valence-electron chi connectivity index (χ0n) is 11.0. The number of carboxylic acid groups (broad SMARTS) is 1. The molecule has 0 fully saturated rings. The summed E-state index contributed by atoms with van der Waals surface area (Å²) in [6, 6.07) is 8.13. The highest BCUT2D eigenvalue weighted by molar-refractivity contribution is 7.91. The van der Waals surface area contributed by atoms with E-state index >= 15 is 0 Å². The summed E-state index contributed by atoms with van der Waals surface area (Å²) in [6.07, 6.45) is -0.278. The minimum atomic E-state index is -3.66. The highest BCUT2D eigenvalue weighted by Crippen LogP contribution is 2.18. The Labute approximate surface area is 117 Å². The number of ether oxygens (including phenoxy) is 1. The Morgan fingerprint density at radius 3 is 2.35 bits per heavy atom. The number of sulfone groups is 1. The number of aliphatic carboxylic acids is 1. The van der Waals surface area contributed by atoms with Gasteiger partial charge >= 0.3 is 11.9 Å². The minimum Gasteiger partial charge on any atom is -0.481 e. The Kier molecular flexibility index (Phi) is 5.69. The van der Waals surface area contributed by atoms with Crippen molar-refractivity contribution >= 4 is 21.8 Å². The molecule has 1 atom stereocenters. The Morgan fingerprint density at radius 2 is 1.85 bits per heavy atom. The van der Waals surface area contributed by atoms with Crippen molar-refractivity contribution < 1.29 is 27.9 Å². The lowest BCUT2D eigenvalue weighted by Crippen LogP contribution is -2.24. The Morgan fingerprint density at radius 1 is 1.25 bits per heavy atom.